The van der Waals surface area contributed by atoms with Crippen LogP contribution >= 0.6 is 23.5 Å². The fourth-order valence-corrected chi connectivity index (χ4v) is 4.50. The highest BCUT2D eigenvalue weighted by molar-refractivity contribution is 8.39. The zero-order chi connectivity index (χ0) is 14.5. The molecule has 2 aliphatic rings. The molecule has 1 saturated heterocycles. The Morgan fingerprint density at radius 1 is 1.24 bits per heavy atom. The predicted octanol–water partition coefficient (Wildman–Crippen LogP) is 3.64. The summed E-state index contributed by atoms with van der Waals surface area (Å²) in [5.74, 6) is 1.17. The van der Waals surface area contributed by atoms with E-state index >= 15 is 0 Å². The van der Waals surface area contributed by atoms with E-state index in [0.29, 0.717) is 13.2 Å². The van der Waals surface area contributed by atoms with Crippen LogP contribution in [0.4, 0.5) is 4.39 Å². The number of aliphatic imine (C=N–C) groups is 1. The van der Waals surface area contributed by atoms with Gasteiger partial charge in [-0.2, -0.15) is 0 Å². The van der Waals surface area contributed by atoms with E-state index in [1.54, 1.807) is 23.9 Å². The van der Waals surface area contributed by atoms with Crippen LogP contribution in [0.25, 0.3) is 0 Å². The molecule has 0 aromatic heterocycles. The van der Waals surface area contributed by atoms with Gasteiger partial charge in [0.1, 0.15) is 10.2 Å². The third-order valence-electron chi connectivity index (χ3n) is 3.47. The highest BCUT2D eigenvalue weighted by Gasteiger charge is 2.37. The maximum atomic E-state index is 13.1. The topological polar surface area (TPSA) is 30.8 Å². The molecule has 0 spiro atoms. The fourth-order valence-electron chi connectivity index (χ4n) is 2.48. The van der Waals surface area contributed by atoms with E-state index in [1.807, 2.05) is 11.8 Å². The van der Waals surface area contributed by atoms with Gasteiger partial charge >= 0.3 is 0 Å². The van der Waals surface area contributed by atoms with Crippen LogP contribution < -0.4 is 0 Å². The minimum absolute atomic E-state index is 0.237. The van der Waals surface area contributed by atoms with Crippen LogP contribution in [-0.4, -0.2) is 35.6 Å². The average Bonchev–Trinajstić information content (AvgIpc) is 3.17. The Balaban J connectivity index is 1.57. The van der Waals surface area contributed by atoms with Crippen molar-refractivity contribution in [3.8, 4) is 0 Å². The van der Waals surface area contributed by atoms with Crippen LogP contribution in [0, 0.1) is 5.82 Å². The summed E-state index contributed by atoms with van der Waals surface area (Å²) in [5, 5.41) is 0. The largest absolute Gasteiger partial charge is 0.343 e. The minimum Gasteiger partial charge on any atom is -0.343 e. The van der Waals surface area contributed by atoms with Crippen LogP contribution in [0.2, 0.25) is 0 Å². The van der Waals surface area contributed by atoms with Gasteiger partial charge in [-0.25, -0.2) is 4.39 Å². The zero-order valence-corrected chi connectivity index (χ0v) is 13.4. The van der Waals surface area contributed by atoms with Gasteiger partial charge in [-0.15, -0.1) is 0 Å². The van der Waals surface area contributed by atoms with E-state index in [9.17, 15) is 4.39 Å². The van der Waals surface area contributed by atoms with Crippen LogP contribution in [-0.2, 0) is 15.3 Å². The molecule has 3 nitrogen and oxygen atoms in total. The summed E-state index contributed by atoms with van der Waals surface area (Å²) in [7, 11) is 0. The molecule has 2 aliphatic heterocycles. The summed E-state index contributed by atoms with van der Waals surface area (Å²) in [4.78, 5) is 4.43. The van der Waals surface area contributed by atoms with Crippen molar-refractivity contribution in [2.45, 2.75) is 18.6 Å². The molecule has 0 bridgehead atoms. The Kier molecular flexibility index (Phi) is 5.21. The molecule has 21 heavy (non-hydrogen) atoms. The van der Waals surface area contributed by atoms with Gasteiger partial charge in [0.15, 0.2) is 5.79 Å². The molecule has 3 rings (SSSR count). The second-order valence-corrected chi connectivity index (χ2v) is 7.33. The van der Waals surface area contributed by atoms with Crippen molar-refractivity contribution in [2.75, 3.05) is 31.3 Å². The number of halogens is 1. The van der Waals surface area contributed by atoms with Crippen molar-refractivity contribution in [1.29, 1.82) is 0 Å². The Morgan fingerprint density at radius 2 is 2.00 bits per heavy atom. The summed E-state index contributed by atoms with van der Waals surface area (Å²) < 4.78 is 26.0. The highest BCUT2D eigenvalue weighted by atomic mass is 32.2. The first-order valence-electron chi connectivity index (χ1n) is 7.12. The van der Waals surface area contributed by atoms with Gasteiger partial charge in [-0.3, -0.25) is 4.99 Å². The summed E-state index contributed by atoms with van der Waals surface area (Å²) in [6.07, 6.45) is 1.76. The normalized spacial score (nSPS) is 20.7. The van der Waals surface area contributed by atoms with Gasteiger partial charge in [0.2, 0.25) is 0 Å². The number of benzene rings is 1. The molecule has 0 atom stereocenters. The van der Waals surface area contributed by atoms with Crippen molar-refractivity contribution >= 4 is 27.9 Å². The van der Waals surface area contributed by atoms with Gasteiger partial charge in [-0.1, -0.05) is 35.7 Å². The number of thioether (sulfide) groups is 2. The van der Waals surface area contributed by atoms with Crippen LogP contribution in [0.1, 0.15) is 18.4 Å². The molecule has 1 aromatic rings. The Hall–Kier alpha value is -0.560. The van der Waals surface area contributed by atoms with Crippen molar-refractivity contribution in [1.82, 2.24) is 0 Å². The van der Waals surface area contributed by atoms with Crippen LogP contribution in [0.15, 0.2) is 29.3 Å². The first-order chi connectivity index (χ1) is 10.3. The molecule has 0 aliphatic carbocycles. The summed E-state index contributed by atoms with van der Waals surface area (Å²) in [5.41, 5.74) is 0.902. The van der Waals surface area contributed by atoms with E-state index in [0.717, 1.165) is 36.5 Å². The van der Waals surface area contributed by atoms with Gasteiger partial charge < -0.3 is 9.47 Å². The lowest BCUT2D eigenvalue weighted by atomic mass is 10.0. The van der Waals surface area contributed by atoms with Gasteiger partial charge in [0.05, 0.1) is 19.8 Å². The standard InChI is InChI=1S/C15H18FNO2S2/c16-13-4-2-12(3-5-13)15(18-8-9-19-15)6-1-10-20-14-17-7-11-21-14/h2-5H,1,6-11H2. The Labute approximate surface area is 132 Å². The fraction of sp³-hybridized carbons (Fsp3) is 0.533. The third-order valence-corrected chi connectivity index (χ3v) is 5.81. The Bertz CT molecular complexity index is 501. The SMILES string of the molecule is Fc1ccc(C2(CCCSC3=NCCS3)OCCO2)cc1. The van der Waals surface area contributed by atoms with E-state index < -0.39 is 5.79 Å². The van der Waals surface area contributed by atoms with E-state index in [-0.39, 0.29) is 5.82 Å². The van der Waals surface area contributed by atoms with Gasteiger partial charge in [-0.05, 0) is 18.6 Å². The van der Waals surface area contributed by atoms with Gasteiger partial charge in [0, 0.05) is 23.5 Å². The van der Waals surface area contributed by atoms with E-state index in [4.69, 9.17) is 9.47 Å². The van der Waals surface area contributed by atoms with Crippen molar-refractivity contribution < 1.29 is 13.9 Å². The molecule has 1 aromatic carbocycles. The molecular formula is C15H18FNO2S2. The molecule has 6 heteroatoms. The first kappa shape index (κ1) is 15.3. The second-order valence-electron chi connectivity index (χ2n) is 4.90. The second kappa shape index (κ2) is 7.13. The maximum absolute atomic E-state index is 13.1. The quantitative estimate of drug-likeness (QED) is 0.773. The van der Waals surface area contributed by atoms with E-state index in [1.165, 1.54) is 16.5 Å². The molecule has 114 valence electrons. The lowest BCUT2D eigenvalue weighted by Crippen LogP contribution is -2.27. The summed E-state index contributed by atoms with van der Waals surface area (Å²) in [6, 6.07) is 6.43. The molecule has 0 amide bonds. The summed E-state index contributed by atoms with van der Waals surface area (Å²) in [6.45, 7) is 2.12. The van der Waals surface area contributed by atoms with Crippen molar-refractivity contribution in [3.63, 3.8) is 0 Å². The monoisotopic (exact) mass is 327 g/mol. The predicted molar refractivity (Wildman–Crippen MR) is 86.4 cm³/mol. The number of ether oxygens (including phenoxy) is 2. The highest BCUT2D eigenvalue weighted by Crippen LogP contribution is 2.36. The molecule has 0 radical (unpaired) electrons. The Morgan fingerprint density at radius 3 is 2.67 bits per heavy atom. The minimum atomic E-state index is -0.696. The van der Waals surface area contributed by atoms with Crippen LogP contribution in [0.3, 0.4) is 0 Å². The lowest BCUT2D eigenvalue weighted by Gasteiger charge is -2.27. The molecule has 1 fully saturated rings. The third kappa shape index (κ3) is 3.80. The van der Waals surface area contributed by atoms with Gasteiger partial charge in [0.25, 0.3) is 0 Å². The number of rotatable bonds is 5. The molecule has 2 heterocycles. The van der Waals surface area contributed by atoms with E-state index in [2.05, 4.69) is 4.99 Å². The number of hydrogen-bond donors (Lipinski definition) is 0. The van der Waals surface area contributed by atoms with Crippen molar-refractivity contribution in [3.05, 3.63) is 35.6 Å². The smallest absolute Gasteiger partial charge is 0.195 e. The maximum Gasteiger partial charge on any atom is 0.195 e. The number of hydrogen-bond acceptors (Lipinski definition) is 5. The van der Waals surface area contributed by atoms with Crippen LogP contribution in [0.5, 0.6) is 0 Å². The zero-order valence-electron chi connectivity index (χ0n) is 11.7. The lowest BCUT2D eigenvalue weighted by molar-refractivity contribution is -0.170. The first-order valence-corrected chi connectivity index (χ1v) is 9.10. The molecule has 0 saturated carbocycles. The van der Waals surface area contributed by atoms with Crippen molar-refractivity contribution in [2.24, 2.45) is 4.99 Å². The summed E-state index contributed by atoms with van der Waals surface area (Å²) >= 11 is 3.64. The molecular weight excluding hydrogens is 309 g/mol. The molecule has 0 N–H and O–H groups in total. The average molecular weight is 327 g/mol. The number of nitrogens with zero attached hydrogens (tertiary/aromatic N) is 1. The molecule has 0 unspecified atom stereocenters.